The Balaban J connectivity index is 1.84. The molecule has 6 rings (SSSR count). The van der Waals surface area contributed by atoms with Crippen LogP contribution in [0.15, 0.2) is 56.6 Å². The number of hydrogen-bond acceptors (Lipinski definition) is 5. The molecule has 0 saturated heterocycles. The van der Waals surface area contributed by atoms with Crippen LogP contribution < -0.4 is 11.0 Å². The van der Waals surface area contributed by atoms with E-state index in [1.165, 1.54) is 6.07 Å². The molecule has 0 radical (unpaired) electrons. The van der Waals surface area contributed by atoms with Crippen LogP contribution in [0.5, 0.6) is 5.75 Å². The molecule has 0 bridgehead atoms. The normalized spacial score (nSPS) is 11.9. The minimum absolute atomic E-state index is 0.0518. The lowest BCUT2D eigenvalue weighted by atomic mass is 10.0. The molecule has 0 aliphatic heterocycles. The smallest absolute Gasteiger partial charge is 0.256 e. The number of aromatic amines is 3. The van der Waals surface area contributed by atoms with E-state index in [1.807, 2.05) is 31.2 Å². The zero-order valence-electron chi connectivity index (χ0n) is 15.7. The van der Waals surface area contributed by atoms with Gasteiger partial charge in [-0.25, -0.2) is 4.98 Å². The minimum Gasteiger partial charge on any atom is -0.502 e. The number of furan rings is 1. The van der Waals surface area contributed by atoms with Crippen molar-refractivity contribution in [2.45, 2.75) is 6.92 Å². The van der Waals surface area contributed by atoms with Crippen LogP contribution in [0.3, 0.4) is 0 Å². The maximum absolute atomic E-state index is 13.0. The third-order valence-electron chi connectivity index (χ3n) is 5.42. The van der Waals surface area contributed by atoms with Gasteiger partial charge in [0.2, 0.25) is 11.2 Å². The molecule has 6 aromatic rings. The lowest BCUT2D eigenvalue weighted by molar-refractivity contribution is 0.464. The molecule has 8 nitrogen and oxygen atoms in total. The average Bonchev–Trinajstić information content (AvgIpc) is 3.34. The van der Waals surface area contributed by atoms with Crippen molar-refractivity contribution in [3.05, 3.63) is 68.7 Å². The Labute approximate surface area is 166 Å². The molecule has 4 N–H and O–H groups in total. The number of aromatic hydroxyl groups is 1. The third kappa shape index (κ3) is 2.12. The van der Waals surface area contributed by atoms with Crippen molar-refractivity contribution >= 4 is 44.0 Å². The Hall–Kier alpha value is -4.33. The highest BCUT2D eigenvalue weighted by Gasteiger charge is 2.22. The number of phenolic OH excluding ortho intramolecular Hbond substituents is 1. The molecule has 4 aromatic heterocycles. The molecule has 8 heteroatoms. The number of fused-ring (bicyclic) bond motifs is 5. The number of benzene rings is 2. The summed E-state index contributed by atoms with van der Waals surface area (Å²) in [6.07, 6.45) is 1.70. The van der Waals surface area contributed by atoms with Gasteiger partial charge in [0.05, 0.1) is 10.9 Å². The fourth-order valence-electron chi connectivity index (χ4n) is 4.00. The summed E-state index contributed by atoms with van der Waals surface area (Å²) in [5.41, 5.74) is 3.25. The van der Waals surface area contributed by atoms with Crippen LogP contribution >= 0.6 is 0 Å². The first kappa shape index (κ1) is 16.6. The van der Waals surface area contributed by atoms with Crippen LogP contribution in [0, 0.1) is 6.92 Å². The molecule has 0 aliphatic carbocycles. The van der Waals surface area contributed by atoms with Gasteiger partial charge in [-0.15, -0.1) is 0 Å². The number of pyridine rings is 2. The van der Waals surface area contributed by atoms with Gasteiger partial charge in [-0.3, -0.25) is 14.7 Å². The molecule has 146 valence electrons. The average molecular weight is 398 g/mol. The number of hydrogen-bond donors (Lipinski definition) is 4. The van der Waals surface area contributed by atoms with Crippen molar-refractivity contribution in [3.63, 3.8) is 0 Å². The second kappa shape index (κ2) is 5.60. The highest BCUT2D eigenvalue weighted by atomic mass is 16.4. The van der Waals surface area contributed by atoms with E-state index in [2.05, 4.69) is 20.2 Å². The Morgan fingerprint density at radius 2 is 1.90 bits per heavy atom. The van der Waals surface area contributed by atoms with Crippen molar-refractivity contribution in [1.29, 1.82) is 0 Å². The van der Waals surface area contributed by atoms with Gasteiger partial charge in [0.25, 0.3) is 5.56 Å². The third-order valence-corrected chi connectivity index (χ3v) is 5.42. The molecular formula is C22H14N4O4. The quantitative estimate of drug-likeness (QED) is 0.336. The van der Waals surface area contributed by atoms with Crippen LogP contribution in [-0.4, -0.2) is 25.3 Å². The summed E-state index contributed by atoms with van der Waals surface area (Å²) in [7, 11) is 0. The molecule has 0 fully saturated rings. The minimum atomic E-state index is -0.541. The van der Waals surface area contributed by atoms with Crippen LogP contribution in [-0.2, 0) is 0 Å². The van der Waals surface area contributed by atoms with Crippen molar-refractivity contribution < 1.29 is 9.52 Å². The van der Waals surface area contributed by atoms with Crippen LogP contribution in [0.1, 0.15) is 5.56 Å². The number of H-pyrrole nitrogens is 3. The van der Waals surface area contributed by atoms with Gasteiger partial charge in [0, 0.05) is 22.7 Å². The van der Waals surface area contributed by atoms with Gasteiger partial charge < -0.3 is 19.6 Å². The monoisotopic (exact) mass is 398 g/mol. The predicted molar refractivity (Wildman–Crippen MR) is 114 cm³/mol. The first-order chi connectivity index (χ1) is 14.5. The standard InChI is InChI=1S/C22H14N4O4/c1-9-2-4-14-10(6-9)7-12(22(29)24-14)16-13-8-23-26-21(13)25-17-11-3-5-15(27)18(28)19(11)30-20(16)17/h2-8,28H,1H3,(H,24,29)(H2,23,25,26). The molecule has 0 atom stereocenters. The SMILES string of the molecule is Cc1ccc2[nH]c(=O)c(-c3c4c[nH][nH]c4nc4c3oc3c(O)c(=O)ccc34)cc2c1. The van der Waals surface area contributed by atoms with Gasteiger partial charge in [-0.2, -0.15) is 0 Å². The number of rotatable bonds is 1. The summed E-state index contributed by atoms with van der Waals surface area (Å²) in [5.74, 6) is -0.477. The highest BCUT2D eigenvalue weighted by molar-refractivity contribution is 6.15. The van der Waals surface area contributed by atoms with E-state index in [-0.39, 0.29) is 11.1 Å². The van der Waals surface area contributed by atoms with E-state index in [0.717, 1.165) is 16.5 Å². The fraction of sp³-hybridized carbons (Fsp3) is 0.0455. The largest absolute Gasteiger partial charge is 0.502 e. The molecule has 0 amide bonds. The van der Waals surface area contributed by atoms with Crippen LogP contribution in [0.2, 0.25) is 0 Å². The first-order valence-corrected chi connectivity index (χ1v) is 9.29. The number of nitrogens with zero attached hydrogens (tertiary/aromatic N) is 1. The number of aryl methyl sites for hydroxylation is 1. The van der Waals surface area contributed by atoms with Gasteiger partial charge in [0.1, 0.15) is 5.52 Å². The van der Waals surface area contributed by atoms with Crippen molar-refractivity contribution in [2.24, 2.45) is 0 Å². The van der Waals surface area contributed by atoms with E-state index in [0.29, 0.717) is 38.6 Å². The molecule has 0 aliphatic rings. The fourth-order valence-corrected chi connectivity index (χ4v) is 4.00. The molecule has 4 heterocycles. The Bertz CT molecular complexity index is 1770. The van der Waals surface area contributed by atoms with Gasteiger partial charge >= 0.3 is 0 Å². The van der Waals surface area contributed by atoms with Crippen molar-refractivity contribution in [1.82, 2.24) is 20.2 Å². The summed E-state index contributed by atoms with van der Waals surface area (Å²) in [6.45, 7) is 1.98. The maximum Gasteiger partial charge on any atom is 0.256 e. The lowest BCUT2D eigenvalue weighted by Crippen LogP contribution is -2.09. The van der Waals surface area contributed by atoms with E-state index < -0.39 is 11.2 Å². The summed E-state index contributed by atoms with van der Waals surface area (Å²) < 4.78 is 5.92. The van der Waals surface area contributed by atoms with Crippen molar-refractivity contribution in [2.75, 3.05) is 0 Å². The summed E-state index contributed by atoms with van der Waals surface area (Å²) in [5, 5.41) is 18.1. The maximum atomic E-state index is 13.0. The summed E-state index contributed by atoms with van der Waals surface area (Å²) >= 11 is 0. The zero-order chi connectivity index (χ0) is 20.6. The summed E-state index contributed by atoms with van der Waals surface area (Å²) in [6, 6.07) is 10.4. The molecule has 2 aromatic carbocycles. The van der Waals surface area contributed by atoms with Gasteiger partial charge in [-0.05, 0) is 42.6 Å². The Kier molecular flexibility index (Phi) is 3.10. The summed E-state index contributed by atoms with van der Waals surface area (Å²) in [4.78, 5) is 32.4. The Morgan fingerprint density at radius 1 is 1.03 bits per heavy atom. The number of nitrogens with one attached hydrogen (secondary N) is 3. The Morgan fingerprint density at radius 3 is 2.77 bits per heavy atom. The zero-order valence-corrected chi connectivity index (χ0v) is 15.7. The van der Waals surface area contributed by atoms with Crippen LogP contribution in [0.4, 0.5) is 0 Å². The lowest BCUT2D eigenvalue weighted by Gasteiger charge is -2.06. The predicted octanol–water partition coefficient (Wildman–Crippen LogP) is 3.67. The number of aromatic nitrogens is 4. The molecule has 0 unspecified atom stereocenters. The van der Waals surface area contributed by atoms with Crippen molar-refractivity contribution in [3.8, 4) is 16.9 Å². The van der Waals surface area contributed by atoms with E-state index >= 15 is 0 Å². The van der Waals surface area contributed by atoms with E-state index in [1.54, 1.807) is 12.3 Å². The molecule has 0 saturated carbocycles. The first-order valence-electron chi connectivity index (χ1n) is 9.29. The van der Waals surface area contributed by atoms with Gasteiger partial charge in [0.15, 0.2) is 16.8 Å². The van der Waals surface area contributed by atoms with Crippen LogP contribution in [0.25, 0.3) is 55.1 Å². The highest BCUT2D eigenvalue weighted by Crippen LogP contribution is 2.39. The molecule has 30 heavy (non-hydrogen) atoms. The topological polar surface area (TPSA) is 128 Å². The van der Waals surface area contributed by atoms with E-state index in [9.17, 15) is 14.7 Å². The molecular weight excluding hydrogens is 384 g/mol. The number of phenols is 1. The van der Waals surface area contributed by atoms with E-state index in [4.69, 9.17) is 4.42 Å². The van der Waals surface area contributed by atoms with Gasteiger partial charge in [-0.1, -0.05) is 11.6 Å². The second-order valence-electron chi connectivity index (χ2n) is 7.33. The second-order valence-corrected chi connectivity index (χ2v) is 7.33. The molecule has 0 spiro atoms.